The van der Waals surface area contributed by atoms with Crippen LogP contribution in [-0.4, -0.2) is 124 Å². The van der Waals surface area contributed by atoms with Gasteiger partial charge in [-0.25, -0.2) is 0 Å². The number of ether oxygens (including phenoxy) is 1. The lowest BCUT2D eigenvalue weighted by Crippen LogP contribution is -2.30. The molecule has 17 heteroatoms. The average molecular weight is 1100 g/mol. The van der Waals surface area contributed by atoms with E-state index in [4.69, 9.17) is 74.3 Å². The highest BCUT2D eigenvalue weighted by Gasteiger charge is 2.17. The lowest BCUT2D eigenvalue weighted by atomic mass is 10.2. The van der Waals surface area contributed by atoms with Gasteiger partial charge in [-0.3, -0.25) is 24.2 Å². The number of amides is 3. The van der Waals surface area contributed by atoms with Gasteiger partial charge >= 0.3 is 0 Å². The van der Waals surface area contributed by atoms with E-state index in [0.29, 0.717) is 62.7 Å². The highest BCUT2D eigenvalue weighted by atomic mass is 35.5. The number of carbonyl (C=O) groups excluding carboxylic acids is 3. The normalized spacial score (nSPS) is 12.6. The van der Waals surface area contributed by atoms with Gasteiger partial charge in [-0.15, -0.1) is 0 Å². The predicted octanol–water partition coefficient (Wildman–Crippen LogP) is 14.6. The van der Waals surface area contributed by atoms with Gasteiger partial charge in [-0.1, -0.05) is 119 Å². The molecular formula is C53H83Cl6N7O4. The summed E-state index contributed by atoms with van der Waals surface area (Å²) in [5, 5.41) is 12.1. The number of hydrogen-bond acceptors (Lipinski definition) is 8. The smallest absolute Gasteiger partial charge is 0.238 e. The number of nitrogens with zero attached hydrogens (tertiary/aromatic N) is 4. The SMILES string of the molecule is C.C.C.C.C.Cc1c(Cl)cc(NC(=O)CN(C)C)cc1Cl.Cc1c(Cl)cc(NC(=O)CN2CCCC2)cc1Cl.Cc1ccc(NC(=O)CN2CCCC2)cc1Cl.Cc1ccc(OCCN(C)C)cc1Cl. The molecule has 3 amide bonds. The van der Waals surface area contributed by atoms with Crippen molar-refractivity contribution in [3.8, 4) is 5.75 Å². The van der Waals surface area contributed by atoms with Crippen molar-refractivity contribution in [2.24, 2.45) is 0 Å². The third kappa shape index (κ3) is 26.9. The van der Waals surface area contributed by atoms with E-state index < -0.39 is 0 Å². The Kier molecular flexibility index (Phi) is 37.0. The number of hydrogen-bond donors (Lipinski definition) is 3. The van der Waals surface area contributed by atoms with Crippen LogP contribution in [0.25, 0.3) is 0 Å². The molecule has 2 fully saturated rings. The lowest BCUT2D eigenvalue weighted by molar-refractivity contribution is -0.117. The molecule has 396 valence electrons. The van der Waals surface area contributed by atoms with E-state index in [0.717, 1.165) is 71.4 Å². The Morgan fingerprint density at radius 2 is 0.857 bits per heavy atom. The van der Waals surface area contributed by atoms with E-state index in [1.165, 1.54) is 25.7 Å². The van der Waals surface area contributed by atoms with Gasteiger partial charge in [0.05, 0.1) is 19.6 Å². The fraction of sp³-hybridized carbons (Fsp3) is 0.491. The molecule has 11 nitrogen and oxygen atoms in total. The van der Waals surface area contributed by atoms with Crippen molar-refractivity contribution in [2.45, 2.75) is 90.5 Å². The molecule has 2 aliphatic rings. The zero-order valence-corrected chi connectivity index (χ0v) is 43.2. The Bertz CT molecular complexity index is 2140. The van der Waals surface area contributed by atoms with Crippen LogP contribution in [0.1, 0.15) is 85.1 Å². The van der Waals surface area contributed by atoms with Gasteiger partial charge < -0.3 is 30.5 Å². The quantitative estimate of drug-likeness (QED) is 0.121. The summed E-state index contributed by atoms with van der Waals surface area (Å²) >= 11 is 35.9. The highest BCUT2D eigenvalue weighted by molar-refractivity contribution is 6.37. The van der Waals surface area contributed by atoms with E-state index in [2.05, 4.69) is 30.7 Å². The van der Waals surface area contributed by atoms with Crippen molar-refractivity contribution in [3.63, 3.8) is 0 Å². The van der Waals surface area contributed by atoms with Crippen molar-refractivity contribution in [3.05, 3.63) is 113 Å². The number of nitrogens with one attached hydrogen (secondary N) is 3. The third-order valence-electron chi connectivity index (χ3n) is 10.1. The van der Waals surface area contributed by atoms with Crippen molar-refractivity contribution in [1.29, 1.82) is 0 Å². The number of halogens is 6. The monoisotopic (exact) mass is 1090 g/mol. The van der Waals surface area contributed by atoms with Crippen LogP contribution in [0.3, 0.4) is 0 Å². The topological polar surface area (TPSA) is 109 Å². The zero-order valence-electron chi connectivity index (χ0n) is 38.7. The first-order valence-corrected chi connectivity index (χ1v) is 23.7. The summed E-state index contributed by atoms with van der Waals surface area (Å²) in [6.07, 6.45) is 4.75. The van der Waals surface area contributed by atoms with E-state index >= 15 is 0 Å². The number of anilines is 3. The van der Waals surface area contributed by atoms with Gasteiger partial charge in [-0.2, -0.15) is 0 Å². The first-order valence-electron chi connectivity index (χ1n) is 21.4. The zero-order chi connectivity index (χ0) is 48.2. The second-order valence-corrected chi connectivity index (χ2v) is 18.9. The number of carbonyl (C=O) groups is 3. The van der Waals surface area contributed by atoms with Crippen molar-refractivity contribution in [1.82, 2.24) is 19.6 Å². The molecule has 4 aromatic rings. The minimum absolute atomic E-state index is 0. The van der Waals surface area contributed by atoms with Crippen LogP contribution < -0.4 is 20.7 Å². The molecule has 0 radical (unpaired) electrons. The maximum absolute atomic E-state index is 11.8. The molecule has 0 atom stereocenters. The van der Waals surface area contributed by atoms with Crippen LogP contribution in [-0.2, 0) is 14.4 Å². The first-order chi connectivity index (χ1) is 30.7. The minimum atomic E-state index is -0.0963. The molecule has 4 aromatic carbocycles. The van der Waals surface area contributed by atoms with Crippen LogP contribution in [0.15, 0.2) is 60.7 Å². The molecule has 0 spiro atoms. The van der Waals surface area contributed by atoms with Crippen molar-refractivity contribution in [2.75, 3.05) is 103 Å². The third-order valence-corrected chi connectivity index (χ3v) is 12.5. The minimum Gasteiger partial charge on any atom is -0.492 e. The predicted molar refractivity (Wildman–Crippen MR) is 308 cm³/mol. The van der Waals surface area contributed by atoms with Gasteiger partial charge in [0.15, 0.2) is 0 Å². The Labute approximate surface area is 452 Å². The number of aryl methyl sites for hydroxylation is 2. The molecule has 0 aromatic heterocycles. The Morgan fingerprint density at radius 1 is 0.500 bits per heavy atom. The summed E-state index contributed by atoms with van der Waals surface area (Å²) in [7, 11) is 7.69. The maximum Gasteiger partial charge on any atom is 0.238 e. The highest BCUT2D eigenvalue weighted by Crippen LogP contribution is 2.29. The average Bonchev–Trinajstić information content (AvgIpc) is 3.94. The maximum atomic E-state index is 11.8. The second-order valence-electron chi connectivity index (χ2n) is 16.5. The van der Waals surface area contributed by atoms with Gasteiger partial charge in [-0.05, 0) is 179 Å². The number of likely N-dealkylation sites (tertiary alicyclic amines) is 2. The number of rotatable bonds is 13. The second kappa shape index (κ2) is 36.6. The molecule has 0 saturated carbocycles. The van der Waals surface area contributed by atoms with Gasteiger partial charge in [0.25, 0.3) is 0 Å². The molecule has 70 heavy (non-hydrogen) atoms. The standard InChI is InChI=1S/C13H16Cl2N2O.C13H17ClN2O.C11H14Cl2N2O.C11H16ClNO.5CH4/c1-9-11(14)6-10(7-12(9)15)16-13(18)8-17-4-2-3-5-17;1-10-4-5-11(8-12(10)14)15-13(17)9-16-6-2-3-7-16;1-7-9(12)4-8(5-10(7)13)14-11(16)6-15(2)3;1-9-4-5-10(8-11(9)12)14-7-6-13(2)3;;;;;/h6-7H,2-5,8H2,1H3,(H,16,18);4-5,8H,2-3,6-7,9H2,1H3,(H,15,17);4-5H,6H2,1-3H3,(H,14,16);4-5,8H,6-7H2,1-3H3;5*1H4. The summed E-state index contributed by atoms with van der Waals surface area (Å²) in [5.74, 6) is 0.753. The molecular weight excluding hydrogens is 1010 g/mol. The molecule has 3 N–H and O–H groups in total. The molecule has 2 aliphatic heterocycles. The van der Waals surface area contributed by atoms with Gasteiger partial charge in [0.2, 0.25) is 17.7 Å². The van der Waals surface area contributed by atoms with E-state index in [1.54, 1.807) is 35.2 Å². The molecule has 0 unspecified atom stereocenters. The van der Waals surface area contributed by atoms with Crippen LogP contribution in [0.5, 0.6) is 5.75 Å². The Balaban J connectivity index is -0.000000838. The van der Waals surface area contributed by atoms with Crippen LogP contribution in [0, 0.1) is 27.7 Å². The first kappa shape index (κ1) is 70.9. The van der Waals surface area contributed by atoms with Crippen LogP contribution in [0.2, 0.25) is 30.1 Å². The summed E-state index contributed by atoms with van der Waals surface area (Å²) in [5.41, 5.74) is 5.78. The molecule has 2 saturated heterocycles. The summed E-state index contributed by atoms with van der Waals surface area (Å²) < 4.78 is 5.53. The van der Waals surface area contributed by atoms with E-state index in [-0.39, 0.29) is 54.9 Å². The van der Waals surface area contributed by atoms with E-state index in [9.17, 15) is 14.4 Å². The van der Waals surface area contributed by atoms with Crippen molar-refractivity contribution < 1.29 is 19.1 Å². The molecule has 0 aliphatic carbocycles. The molecule has 2 heterocycles. The van der Waals surface area contributed by atoms with Gasteiger partial charge in [0, 0.05) is 53.7 Å². The van der Waals surface area contributed by atoms with Crippen molar-refractivity contribution >= 4 is 104 Å². The Morgan fingerprint density at radius 3 is 1.23 bits per heavy atom. The van der Waals surface area contributed by atoms with Crippen LogP contribution >= 0.6 is 69.6 Å². The van der Waals surface area contributed by atoms with E-state index in [1.807, 2.05) is 86.2 Å². The fourth-order valence-corrected chi connectivity index (χ4v) is 7.62. The lowest BCUT2D eigenvalue weighted by Gasteiger charge is -2.14. The number of benzene rings is 4. The summed E-state index contributed by atoms with van der Waals surface area (Å²) in [4.78, 5) is 43.3. The summed E-state index contributed by atoms with van der Waals surface area (Å²) in [6.45, 7) is 14.5. The van der Waals surface area contributed by atoms with Crippen LogP contribution in [0.4, 0.5) is 17.1 Å². The summed E-state index contributed by atoms with van der Waals surface area (Å²) in [6, 6.07) is 18.2. The molecule has 6 rings (SSSR count). The fourth-order valence-electron chi connectivity index (χ4n) is 6.29. The number of likely N-dealkylation sites (N-methyl/N-ethyl adjacent to an activating group) is 2. The largest absolute Gasteiger partial charge is 0.492 e. The Hall–Kier alpha value is -3.33. The molecule has 0 bridgehead atoms. The van der Waals surface area contributed by atoms with Gasteiger partial charge in [0.1, 0.15) is 12.4 Å².